The summed E-state index contributed by atoms with van der Waals surface area (Å²) in [6.07, 6.45) is 3.42. The second kappa shape index (κ2) is 13.7. The van der Waals surface area contributed by atoms with Crippen LogP contribution in [-0.4, -0.2) is 36.5 Å². The Morgan fingerprint density at radius 2 is 1.38 bits per heavy atom. The Hall–Kier alpha value is -3.93. The zero-order chi connectivity index (χ0) is 27.6. The van der Waals surface area contributed by atoms with Crippen molar-refractivity contribution in [1.29, 1.82) is 0 Å². The van der Waals surface area contributed by atoms with E-state index in [0.717, 1.165) is 36.0 Å². The van der Waals surface area contributed by atoms with Gasteiger partial charge in [0.15, 0.2) is 6.61 Å². The van der Waals surface area contributed by atoms with Gasteiger partial charge in [-0.2, -0.15) is 0 Å². The molecule has 0 heterocycles. The van der Waals surface area contributed by atoms with Gasteiger partial charge in [-0.05, 0) is 34.9 Å². The molecule has 0 spiro atoms. The van der Waals surface area contributed by atoms with Crippen molar-refractivity contribution in [1.82, 2.24) is 10.6 Å². The molecule has 4 atom stereocenters. The molecule has 3 unspecified atom stereocenters. The normalized spacial score (nSPS) is 19.6. The van der Waals surface area contributed by atoms with Crippen molar-refractivity contribution in [2.75, 3.05) is 6.61 Å². The van der Waals surface area contributed by atoms with Gasteiger partial charge >= 0.3 is 5.97 Å². The minimum Gasteiger partial charge on any atom is -0.454 e. The SMILES string of the molecule is CC1CCCC(NC(=O)COC(=O)[C@H](Cc2ccccc2)NC(=O)C(c2ccccc2)c2ccccc2)C1C. The molecule has 1 aliphatic carbocycles. The second-order valence-electron chi connectivity index (χ2n) is 10.6. The molecule has 1 saturated carbocycles. The number of ether oxygens (including phenoxy) is 1. The Morgan fingerprint density at radius 3 is 1.97 bits per heavy atom. The molecule has 3 aromatic carbocycles. The third-order valence-corrected chi connectivity index (χ3v) is 7.81. The van der Waals surface area contributed by atoms with Crippen LogP contribution in [0.25, 0.3) is 0 Å². The van der Waals surface area contributed by atoms with Crippen LogP contribution in [0.1, 0.15) is 55.7 Å². The smallest absolute Gasteiger partial charge is 0.329 e. The fourth-order valence-corrected chi connectivity index (χ4v) is 5.36. The first-order valence-electron chi connectivity index (χ1n) is 13.8. The summed E-state index contributed by atoms with van der Waals surface area (Å²) in [4.78, 5) is 39.7. The van der Waals surface area contributed by atoms with Gasteiger partial charge in [0.05, 0.1) is 5.92 Å². The highest BCUT2D eigenvalue weighted by molar-refractivity contribution is 5.91. The van der Waals surface area contributed by atoms with Crippen molar-refractivity contribution in [3.05, 3.63) is 108 Å². The lowest BCUT2D eigenvalue weighted by molar-refractivity contribution is -0.152. The number of hydrogen-bond donors (Lipinski definition) is 2. The largest absolute Gasteiger partial charge is 0.454 e. The monoisotopic (exact) mass is 526 g/mol. The molecule has 204 valence electrons. The van der Waals surface area contributed by atoms with Crippen molar-refractivity contribution >= 4 is 17.8 Å². The van der Waals surface area contributed by atoms with Gasteiger partial charge in [0.25, 0.3) is 5.91 Å². The van der Waals surface area contributed by atoms with E-state index in [1.165, 1.54) is 0 Å². The molecular formula is C33H38N2O4. The summed E-state index contributed by atoms with van der Waals surface area (Å²) in [5, 5.41) is 5.98. The van der Waals surface area contributed by atoms with E-state index in [0.29, 0.717) is 11.8 Å². The zero-order valence-electron chi connectivity index (χ0n) is 22.7. The van der Waals surface area contributed by atoms with Crippen LogP contribution in [0, 0.1) is 11.8 Å². The number of hydrogen-bond acceptors (Lipinski definition) is 4. The van der Waals surface area contributed by atoms with E-state index < -0.39 is 17.9 Å². The van der Waals surface area contributed by atoms with Crippen LogP contribution >= 0.6 is 0 Å². The van der Waals surface area contributed by atoms with Crippen LogP contribution in [0.3, 0.4) is 0 Å². The Balaban J connectivity index is 1.47. The molecule has 0 radical (unpaired) electrons. The minimum absolute atomic E-state index is 0.0808. The van der Waals surface area contributed by atoms with Gasteiger partial charge in [0.2, 0.25) is 5.91 Å². The molecule has 0 aromatic heterocycles. The predicted octanol–water partition coefficient (Wildman–Crippen LogP) is 5.03. The summed E-state index contributed by atoms with van der Waals surface area (Å²) >= 11 is 0. The lowest BCUT2D eigenvalue weighted by Crippen LogP contribution is -2.48. The molecule has 0 bridgehead atoms. The van der Waals surface area contributed by atoms with E-state index >= 15 is 0 Å². The van der Waals surface area contributed by atoms with E-state index in [-0.39, 0.29) is 30.9 Å². The molecule has 0 aliphatic heterocycles. The molecule has 1 fully saturated rings. The quantitative estimate of drug-likeness (QED) is 0.363. The standard InChI is InChI=1S/C33H38N2O4/c1-23-13-12-20-28(24(23)2)34-30(36)22-39-33(38)29(21-25-14-6-3-7-15-25)35-32(37)31(26-16-8-4-9-17-26)27-18-10-5-11-19-27/h3-11,14-19,23-24,28-29,31H,12-13,20-22H2,1-2H3,(H,34,36)(H,35,37)/t23?,24?,28?,29-/m0/s1. The second-order valence-corrected chi connectivity index (χ2v) is 10.6. The van der Waals surface area contributed by atoms with Crippen LogP contribution in [0.5, 0.6) is 0 Å². The summed E-state index contributed by atoms with van der Waals surface area (Å²) < 4.78 is 5.47. The predicted molar refractivity (Wildman–Crippen MR) is 152 cm³/mol. The van der Waals surface area contributed by atoms with Crippen molar-refractivity contribution in [2.45, 2.75) is 57.5 Å². The van der Waals surface area contributed by atoms with Crippen LogP contribution in [0.2, 0.25) is 0 Å². The summed E-state index contributed by atoms with van der Waals surface area (Å²) in [6.45, 7) is 3.98. The van der Waals surface area contributed by atoms with Gasteiger partial charge in [0.1, 0.15) is 6.04 Å². The average molecular weight is 527 g/mol. The number of rotatable bonds is 10. The highest BCUT2D eigenvalue weighted by Gasteiger charge is 2.31. The molecule has 4 rings (SSSR count). The van der Waals surface area contributed by atoms with Gasteiger partial charge < -0.3 is 15.4 Å². The summed E-state index contributed by atoms with van der Waals surface area (Å²) in [5.41, 5.74) is 2.52. The molecular weight excluding hydrogens is 488 g/mol. The number of benzene rings is 3. The van der Waals surface area contributed by atoms with Crippen LogP contribution in [0.4, 0.5) is 0 Å². The maximum atomic E-state index is 13.7. The summed E-state index contributed by atoms with van der Waals surface area (Å²) in [6, 6.07) is 27.6. The van der Waals surface area contributed by atoms with Crippen molar-refractivity contribution in [3.63, 3.8) is 0 Å². The van der Waals surface area contributed by atoms with Crippen molar-refractivity contribution in [2.24, 2.45) is 11.8 Å². The zero-order valence-corrected chi connectivity index (χ0v) is 22.7. The van der Waals surface area contributed by atoms with Gasteiger partial charge in [-0.15, -0.1) is 0 Å². The Kier molecular flexibility index (Phi) is 9.90. The Labute approximate surface area is 231 Å². The van der Waals surface area contributed by atoms with Gasteiger partial charge in [-0.25, -0.2) is 4.79 Å². The Bertz CT molecular complexity index is 1180. The number of esters is 1. The molecule has 2 N–H and O–H groups in total. The number of nitrogens with one attached hydrogen (secondary N) is 2. The highest BCUT2D eigenvalue weighted by Crippen LogP contribution is 2.29. The van der Waals surface area contributed by atoms with E-state index in [1.54, 1.807) is 0 Å². The Morgan fingerprint density at radius 1 is 0.821 bits per heavy atom. The lowest BCUT2D eigenvalue weighted by atomic mass is 9.78. The van der Waals surface area contributed by atoms with Gasteiger partial charge in [0, 0.05) is 12.5 Å². The molecule has 1 aliphatic rings. The third-order valence-electron chi connectivity index (χ3n) is 7.81. The van der Waals surface area contributed by atoms with Crippen molar-refractivity contribution in [3.8, 4) is 0 Å². The third kappa shape index (κ3) is 7.79. The van der Waals surface area contributed by atoms with E-state index in [9.17, 15) is 14.4 Å². The van der Waals surface area contributed by atoms with Crippen LogP contribution in [0.15, 0.2) is 91.0 Å². The average Bonchev–Trinajstić information content (AvgIpc) is 2.96. The maximum Gasteiger partial charge on any atom is 0.329 e. The van der Waals surface area contributed by atoms with E-state index in [2.05, 4.69) is 24.5 Å². The first kappa shape index (κ1) is 28.1. The van der Waals surface area contributed by atoms with Gasteiger partial charge in [-0.3, -0.25) is 9.59 Å². The topological polar surface area (TPSA) is 84.5 Å². The van der Waals surface area contributed by atoms with Crippen LogP contribution < -0.4 is 10.6 Å². The lowest BCUT2D eigenvalue weighted by Gasteiger charge is -2.34. The van der Waals surface area contributed by atoms with E-state index in [4.69, 9.17) is 4.74 Å². The molecule has 3 aromatic rings. The molecule has 6 heteroatoms. The minimum atomic E-state index is -0.948. The fraction of sp³-hybridized carbons (Fsp3) is 0.364. The highest BCUT2D eigenvalue weighted by atomic mass is 16.5. The first-order chi connectivity index (χ1) is 18.9. The first-order valence-corrected chi connectivity index (χ1v) is 13.8. The van der Waals surface area contributed by atoms with Crippen molar-refractivity contribution < 1.29 is 19.1 Å². The number of carbonyl (C=O) groups is 3. The summed E-state index contributed by atoms with van der Waals surface area (Å²) in [7, 11) is 0. The molecule has 6 nitrogen and oxygen atoms in total. The van der Waals surface area contributed by atoms with Gasteiger partial charge in [-0.1, -0.05) is 118 Å². The molecule has 39 heavy (non-hydrogen) atoms. The maximum absolute atomic E-state index is 13.7. The van der Waals surface area contributed by atoms with Crippen LogP contribution in [-0.2, 0) is 25.5 Å². The number of carbonyl (C=O) groups excluding carboxylic acids is 3. The molecule has 2 amide bonds. The molecule has 0 saturated heterocycles. The number of amides is 2. The van der Waals surface area contributed by atoms with E-state index in [1.807, 2.05) is 91.0 Å². The summed E-state index contributed by atoms with van der Waals surface area (Å²) in [5.74, 6) is -0.940. The fourth-order valence-electron chi connectivity index (χ4n) is 5.36.